The van der Waals surface area contributed by atoms with Crippen LogP contribution in [0.15, 0.2) is 114 Å². The van der Waals surface area contributed by atoms with Crippen LogP contribution in [0.25, 0.3) is 0 Å². The number of hydrogen-bond donors (Lipinski definition) is 2. The summed E-state index contributed by atoms with van der Waals surface area (Å²) in [6.45, 7) is 6.22. The largest absolute Gasteiger partial charge is 0.451 e. The van der Waals surface area contributed by atoms with E-state index in [0.717, 1.165) is 11.1 Å². The van der Waals surface area contributed by atoms with Crippen LogP contribution in [-0.4, -0.2) is 79.2 Å². The van der Waals surface area contributed by atoms with E-state index in [2.05, 4.69) is 27.3 Å². The van der Waals surface area contributed by atoms with Gasteiger partial charge in [-0.05, 0) is 73.3 Å². The zero-order valence-corrected chi connectivity index (χ0v) is 33.9. The number of esters is 2. The molecule has 1 aromatic heterocycles. The SMILES string of the molecule is C=Nc1c(NCC(c2ccc(Cl)cc2)c2ccc(Cl)cc2)nc(I)nc1N(C)[C@@H]1O[C@H](C(=O)NCC)[C@@H](OC(=O)c2ccccc2)[C@H]1OC(=O)c1ccccc1. The molecule has 1 aliphatic heterocycles. The number of likely N-dealkylation sites (N-methyl/N-ethyl adjacent to an activating group) is 2. The number of aromatic nitrogens is 2. The number of nitrogens with zero attached hydrogens (tertiary/aromatic N) is 4. The number of carbonyl (C=O) groups excluding carboxylic acids is 3. The van der Waals surface area contributed by atoms with Crippen LogP contribution >= 0.6 is 45.8 Å². The molecule has 0 aliphatic carbocycles. The third-order valence-corrected chi connectivity index (χ3v) is 10.0. The Hall–Kier alpha value is -5.09. The standard InChI is InChI=1S/C41H37Cl2IN6O6/c1-4-46-37(51)33-32(55-39(52)26-11-7-5-8-12-26)34(56-40(53)27-13-9-6-10-14-27)38(54-33)50(3)36-31(45-2)35(48-41(44)49-36)47-23-30(24-15-19-28(42)20-16-24)25-17-21-29(43)22-18-25/h5-22,30,32-34,38H,2,4,23H2,1,3H3,(H,46,51)(H,47,48,49)/t32-,33+,34-,38-/m1/s1. The van der Waals surface area contributed by atoms with Crippen molar-refractivity contribution in [3.63, 3.8) is 0 Å². The summed E-state index contributed by atoms with van der Waals surface area (Å²) in [5.74, 6) is -1.57. The number of hydrogen-bond acceptors (Lipinski definition) is 11. The zero-order valence-electron chi connectivity index (χ0n) is 30.3. The smallest absolute Gasteiger partial charge is 0.338 e. The lowest BCUT2D eigenvalue weighted by Crippen LogP contribution is -2.48. The minimum Gasteiger partial charge on any atom is -0.451 e. The maximum atomic E-state index is 13.6. The first-order valence-corrected chi connectivity index (χ1v) is 19.4. The fraction of sp³-hybridized carbons (Fsp3) is 0.220. The highest BCUT2D eigenvalue weighted by Gasteiger charge is 2.55. The summed E-state index contributed by atoms with van der Waals surface area (Å²) >= 11 is 14.4. The molecule has 1 saturated heterocycles. The first-order chi connectivity index (χ1) is 27.1. The fourth-order valence-corrected chi connectivity index (χ4v) is 7.01. The molecule has 5 aromatic rings. The fourth-order valence-electron chi connectivity index (χ4n) is 6.29. The van der Waals surface area contributed by atoms with Crippen LogP contribution in [0.5, 0.6) is 0 Å². The third-order valence-electron chi connectivity index (χ3n) is 9.03. The van der Waals surface area contributed by atoms with Gasteiger partial charge < -0.3 is 29.7 Å². The van der Waals surface area contributed by atoms with Gasteiger partial charge in [-0.1, -0.05) is 83.9 Å². The molecule has 6 rings (SSSR count). The van der Waals surface area contributed by atoms with Crippen LogP contribution < -0.4 is 15.5 Å². The van der Waals surface area contributed by atoms with E-state index < -0.39 is 42.4 Å². The van der Waals surface area contributed by atoms with E-state index in [1.165, 1.54) is 0 Å². The molecule has 4 aromatic carbocycles. The van der Waals surface area contributed by atoms with Crippen molar-refractivity contribution in [1.29, 1.82) is 0 Å². The van der Waals surface area contributed by atoms with Crippen LogP contribution in [-0.2, 0) is 19.0 Å². The first kappa shape index (κ1) is 40.6. The molecule has 0 saturated carbocycles. The number of anilines is 2. The Labute approximate surface area is 347 Å². The van der Waals surface area contributed by atoms with Gasteiger partial charge in [0, 0.05) is 58.7 Å². The number of amides is 1. The first-order valence-electron chi connectivity index (χ1n) is 17.5. The molecule has 288 valence electrons. The minimum atomic E-state index is -1.37. The van der Waals surface area contributed by atoms with Crippen LogP contribution in [0.4, 0.5) is 17.3 Å². The lowest BCUT2D eigenvalue weighted by Gasteiger charge is -2.31. The van der Waals surface area contributed by atoms with Gasteiger partial charge in [-0.25, -0.2) is 19.6 Å². The highest BCUT2D eigenvalue weighted by molar-refractivity contribution is 14.1. The van der Waals surface area contributed by atoms with Gasteiger partial charge in [-0.2, -0.15) is 0 Å². The van der Waals surface area contributed by atoms with E-state index in [0.29, 0.717) is 26.2 Å². The van der Waals surface area contributed by atoms with E-state index in [1.54, 1.807) is 79.5 Å². The van der Waals surface area contributed by atoms with Crippen LogP contribution in [0.2, 0.25) is 10.0 Å². The molecule has 1 aliphatic rings. The Kier molecular flexibility index (Phi) is 13.5. The average molecular weight is 908 g/mol. The van der Waals surface area contributed by atoms with Crippen molar-refractivity contribution in [2.75, 3.05) is 30.4 Å². The Morgan fingerprint density at radius 3 is 1.86 bits per heavy atom. The van der Waals surface area contributed by atoms with Crippen LogP contribution in [0.3, 0.4) is 0 Å². The second-order valence-corrected chi connectivity index (χ2v) is 14.5. The molecule has 1 fully saturated rings. The van der Waals surface area contributed by atoms with Gasteiger partial charge in [0.25, 0.3) is 5.91 Å². The molecule has 15 heteroatoms. The van der Waals surface area contributed by atoms with Crippen molar-refractivity contribution >= 4 is 87.7 Å². The molecule has 0 radical (unpaired) electrons. The topological polar surface area (TPSA) is 144 Å². The maximum Gasteiger partial charge on any atom is 0.338 e. The van der Waals surface area contributed by atoms with Crippen molar-refractivity contribution < 1.29 is 28.6 Å². The normalized spacial score (nSPS) is 17.5. The molecular formula is C41H37Cl2IN6O6. The quantitative estimate of drug-likeness (QED) is 0.0492. The predicted molar refractivity (Wildman–Crippen MR) is 224 cm³/mol. The van der Waals surface area contributed by atoms with Gasteiger partial charge >= 0.3 is 11.9 Å². The highest BCUT2D eigenvalue weighted by Crippen LogP contribution is 2.39. The van der Waals surface area contributed by atoms with Gasteiger partial charge in [0.2, 0.25) is 0 Å². The van der Waals surface area contributed by atoms with Crippen LogP contribution in [0.1, 0.15) is 44.7 Å². The third kappa shape index (κ3) is 9.46. The highest BCUT2D eigenvalue weighted by atomic mass is 127. The Morgan fingerprint density at radius 2 is 1.36 bits per heavy atom. The number of rotatable bonds is 14. The summed E-state index contributed by atoms with van der Waals surface area (Å²) in [6, 6.07) is 31.8. The molecule has 2 heterocycles. The van der Waals surface area contributed by atoms with E-state index >= 15 is 0 Å². The number of nitrogens with one attached hydrogen (secondary N) is 2. The zero-order chi connectivity index (χ0) is 39.8. The second-order valence-electron chi connectivity index (χ2n) is 12.6. The molecule has 56 heavy (non-hydrogen) atoms. The predicted octanol–water partition coefficient (Wildman–Crippen LogP) is 7.71. The number of carbonyl (C=O) groups is 3. The van der Waals surface area contributed by atoms with Crippen molar-refractivity contribution in [2.45, 2.75) is 37.4 Å². The lowest BCUT2D eigenvalue weighted by molar-refractivity contribution is -0.135. The van der Waals surface area contributed by atoms with Crippen molar-refractivity contribution in [3.05, 3.63) is 145 Å². The van der Waals surface area contributed by atoms with Crippen molar-refractivity contribution in [3.8, 4) is 0 Å². The molecular weight excluding hydrogens is 870 g/mol. The summed E-state index contributed by atoms with van der Waals surface area (Å²) in [5, 5.41) is 7.40. The monoisotopic (exact) mass is 906 g/mol. The van der Waals surface area contributed by atoms with Gasteiger partial charge in [-0.3, -0.25) is 9.79 Å². The van der Waals surface area contributed by atoms with Gasteiger partial charge in [0.15, 0.2) is 40.0 Å². The van der Waals surface area contributed by atoms with Gasteiger partial charge in [0.05, 0.1) is 11.1 Å². The number of aliphatic imine (C=N–C) groups is 1. The number of halogens is 3. The Morgan fingerprint density at radius 1 is 0.839 bits per heavy atom. The molecule has 0 unspecified atom stereocenters. The maximum absolute atomic E-state index is 13.6. The second kappa shape index (κ2) is 18.7. The Bertz CT molecular complexity index is 2120. The lowest BCUT2D eigenvalue weighted by atomic mass is 9.91. The molecule has 0 spiro atoms. The van der Waals surface area contributed by atoms with Gasteiger partial charge in [0.1, 0.15) is 5.69 Å². The summed E-state index contributed by atoms with van der Waals surface area (Å²) in [5.41, 5.74) is 2.73. The molecule has 0 bridgehead atoms. The molecule has 12 nitrogen and oxygen atoms in total. The van der Waals surface area contributed by atoms with E-state index in [4.69, 9.17) is 42.4 Å². The van der Waals surface area contributed by atoms with E-state index in [-0.39, 0.29) is 35.1 Å². The number of benzene rings is 4. The summed E-state index contributed by atoms with van der Waals surface area (Å²) < 4.78 is 18.8. The molecule has 4 atom stereocenters. The van der Waals surface area contributed by atoms with E-state index in [9.17, 15) is 14.4 Å². The van der Waals surface area contributed by atoms with Crippen molar-refractivity contribution in [2.24, 2.45) is 4.99 Å². The summed E-state index contributed by atoms with van der Waals surface area (Å²) in [4.78, 5) is 56.0. The molecule has 1 amide bonds. The van der Waals surface area contributed by atoms with E-state index in [1.807, 2.05) is 71.1 Å². The summed E-state index contributed by atoms with van der Waals surface area (Å²) in [6.07, 6.45) is -5.28. The van der Waals surface area contributed by atoms with Crippen molar-refractivity contribution in [1.82, 2.24) is 15.3 Å². The van der Waals surface area contributed by atoms with Gasteiger partial charge in [-0.15, -0.1) is 0 Å². The Balaban J connectivity index is 1.37. The average Bonchev–Trinajstić information content (AvgIpc) is 3.56. The minimum absolute atomic E-state index is 0.158. The number of ether oxygens (including phenoxy) is 3. The summed E-state index contributed by atoms with van der Waals surface area (Å²) in [7, 11) is 1.64. The van der Waals surface area contributed by atoms with Crippen LogP contribution in [0, 0.1) is 3.83 Å². The molecule has 2 N–H and O–H groups in total.